The van der Waals surface area contributed by atoms with Crippen LogP contribution in [0.1, 0.15) is 31.7 Å². The Kier molecular flexibility index (Phi) is 5.82. The minimum atomic E-state index is -0.649. The standard InChI is InChI=1S/C25H33N3O4/c1-17(2)18-4-6-19(7-5-18)26-23(29)21-20-8-9-25(32-20)16-28(24(30)22(21)25)11-3-10-27-12-14-31-15-13-27/h4-9,17,20-22H,3,10-16H2,1-2H3,(H,26,29)/t20?,21-,22+,25?/m1/s1. The van der Waals surface area contributed by atoms with Crippen LogP contribution in [0.2, 0.25) is 0 Å². The van der Waals surface area contributed by atoms with Gasteiger partial charge in [-0.25, -0.2) is 0 Å². The molecule has 2 bridgehead atoms. The largest absolute Gasteiger partial charge is 0.379 e. The van der Waals surface area contributed by atoms with Gasteiger partial charge in [0.15, 0.2) is 0 Å². The number of nitrogens with one attached hydrogen (secondary N) is 1. The number of nitrogens with zero attached hydrogens (tertiary/aromatic N) is 2. The first-order chi connectivity index (χ1) is 15.5. The van der Waals surface area contributed by atoms with Crippen molar-refractivity contribution >= 4 is 17.5 Å². The van der Waals surface area contributed by atoms with E-state index in [9.17, 15) is 9.59 Å². The molecule has 32 heavy (non-hydrogen) atoms. The summed E-state index contributed by atoms with van der Waals surface area (Å²) in [7, 11) is 0. The number of hydrogen-bond acceptors (Lipinski definition) is 5. The molecule has 3 saturated heterocycles. The lowest BCUT2D eigenvalue weighted by atomic mass is 9.76. The summed E-state index contributed by atoms with van der Waals surface area (Å²) >= 11 is 0. The molecule has 0 saturated carbocycles. The van der Waals surface area contributed by atoms with E-state index in [-0.39, 0.29) is 17.9 Å². The van der Waals surface area contributed by atoms with Crippen molar-refractivity contribution in [3.8, 4) is 0 Å². The minimum absolute atomic E-state index is 0.0501. The Morgan fingerprint density at radius 2 is 1.94 bits per heavy atom. The molecule has 4 heterocycles. The van der Waals surface area contributed by atoms with Crippen LogP contribution in [0.3, 0.4) is 0 Å². The monoisotopic (exact) mass is 439 g/mol. The van der Waals surface area contributed by atoms with Crippen molar-refractivity contribution < 1.29 is 19.1 Å². The van der Waals surface area contributed by atoms with Gasteiger partial charge in [0, 0.05) is 31.9 Å². The van der Waals surface area contributed by atoms with E-state index >= 15 is 0 Å². The molecule has 5 rings (SSSR count). The quantitative estimate of drug-likeness (QED) is 0.660. The summed E-state index contributed by atoms with van der Waals surface area (Å²) in [4.78, 5) is 30.8. The molecule has 1 N–H and O–H groups in total. The van der Waals surface area contributed by atoms with Crippen LogP contribution >= 0.6 is 0 Å². The number of amides is 2. The number of hydrogen-bond donors (Lipinski definition) is 1. The molecule has 172 valence electrons. The van der Waals surface area contributed by atoms with Crippen molar-refractivity contribution in [2.75, 3.05) is 51.3 Å². The van der Waals surface area contributed by atoms with E-state index in [2.05, 4.69) is 24.1 Å². The van der Waals surface area contributed by atoms with Gasteiger partial charge < -0.3 is 19.7 Å². The van der Waals surface area contributed by atoms with Crippen LogP contribution in [-0.2, 0) is 19.1 Å². The summed E-state index contributed by atoms with van der Waals surface area (Å²) < 4.78 is 11.6. The van der Waals surface area contributed by atoms with Gasteiger partial charge in [-0.2, -0.15) is 0 Å². The predicted octanol–water partition coefficient (Wildman–Crippen LogP) is 2.25. The van der Waals surface area contributed by atoms with Crippen LogP contribution in [0.15, 0.2) is 36.4 Å². The van der Waals surface area contributed by atoms with E-state index in [1.165, 1.54) is 5.56 Å². The molecule has 7 nitrogen and oxygen atoms in total. The van der Waals surface area contributed by atoms with Gasteiger partial charge in [-0.05, 0) is 30.0 Å². The van der Waals surface area contributed by atoms with E-state index in [1.807, 2.05) is 41.3 Å². The molecule has 2 amide bonds. The zero-order valence-corrected chi connectivity index (χ0v) is 19.0. The Balaban J connectivity index is 1.23. The third-order valence-electron chi connectivity index (χ3n) is 7.33. The molecule has 4 aliphatic heterocycles. The average Bonchev–Trinajstić information content (AvgIpc) is 3.43. The van der Waals surface area contributed by atoms with E-state index in [1.54, 1.807) is 0 Å². The summed E-state index contributed by atoms with van der Waals surface area (Å²) in [5, 5.41) is 3.02. The maximum atomic E-state index is 13.3. The number of rotatable bonds is 7. The molecule has 7 heteroatoms. The number of carbonyl (C=O) groups excluding carboxylic acids is 2. The normalized spacial score (nSPS) is 31.5. The van der Waals surface area contributed by atoms with Gasteiger partial charge >= 0.3 is 0 Å². The summed E-state index contributed by atoms with van der Waals surface area (Å²) in [6, 6.07) is 7.94. The molecule has 0 aliphatic carbocycles. The number of fused-ring (bicyclic) bond motifs is 1. The highest BCUT2D eigenvalue weighted by atomic mass is 16.5. The van der Waals surface area contributed by atoms with E-state index in [0.29, 0.717) is 19.0 Å². The van der Waals surface area contributed by atoms with Crippen molar-refractivity contribution in [3.63, 3.8) is 0 Å². The average molecular weight is 440 g/mol. The van der Waals surface area contributed by atoms with Crippen molar-refractivity contribution in [2.24, 2.45) is 11.8 Å². The maximum Gasteiger partial charge on any atom is 0.231 e. The van der Waals surface area contributed by atoms with Gasteiger partial charge in [-0.1, -0.05) is 38.1 Å². The first-order valence-corrected chi connectivity index (χ1v) is 11.8. The summed E-state index contributed by atoms with van der Waals surface area (Å²) in [6.45, 7) is 9.95. The molecular formula is C25H33N3O4. The van der Waals surface area contributed by atoms with E-state index in [4.69, 9.17) is 9.47 Å². The predicted molar refractivity (Wildman–Crippen MR) is 121 cm³/mol. The molecule has 0 aromatic heterocycles. The summed E-state index contributed by atoms with van der Waals surface area (Å²) in [5.41, 5.74) is 1.34. The van der Waals surface area contributed by atoms with Crippen LogP contribution in [0, 0.1) is 11.8 Å². The molecule has 0 radical (unpaired) electrons. The number of likely N-dealkylation sites (tertiary alicyclic amines) is 1. The van der Waals surface area contributed by atoms with Crippen molar-refractivity contribution in [1.82, 2.24) is 9.80 Å². The SMILES string of the molecule is CC(C)c1ccc(NC(=O)[C@@H]2C3C=CC4(CN(CCCN5CCOCC5)C(=O)[C@H]24)O3)cc1. The second-order valence-electron chi connectivity index (χ2n) is 9.73. The molecule has 1 aromatic rings. The number of benzene rings is 1. The van der Waals surface area contributed by atoms with Gasteiger partial charge in [0.05, 0.1) is 37.7 Å². The van der Waals surface area contributed by atoms with Crippen LogP contribution in [0.4, 0.5) is 5.69 Å². The van der Waals surface area contributed by atoms with Crippen LogP contribution < -0.4 is 5.32 Å². The molecular weight excluding hydrogens is 406 g/mol. The number of ether oxygens (including phenoxy) is 2. The summed E-state index contributed by atoms with van der Waals surface area (Å²) in [6.07, 6.45) is 4.58. The summed E-state index contributed by atoms with van der Waals surface area (Å²) in [5.74, 6) is -0.562. The second-order valence-corrected chi connectivity index (χ2v) is 9.73. The van der Waals surface area contributed by atoms with Gasteiger partial charge in [0.25, 0.3) is 0 Å². The lowest BCUT2D eigenvalue weighted by Crippen LogP contribution is -2.41. The Labute approximate surface area is 189 Å². The Morgan fingerprint density at radius 3 is 2.66 bits per heavy atom. The van der Waals surface area contributed by atoms with Crippen LogP contribution in [0.25, 0.3) is 0 Å². The molecule has 2 unspecified atom stereocenters. The number of morpholine rings is 1. The van der Waals surface area contributed by atoms with E-state index < -0.39 is 17.4 Å². The smallest absolute Gasteiger partial charge is 0.231 e. The fourth-order valence-electron chi connectivity index (χ4n) is 5.55. The number of carbonyl (C=O) groups is 2. The van der Waals surface area contributed by atoms with Crippen molar-refractivity contribution in [1.29, 1.82) is 0 Å². The Hall–Kier alpha value is -2.22. The van der Waals surface area contributed by atoms with Gasteiger partial charge in [-0.15, -0.1) is 0 Å². The maximum absolute atomic E-state index is 13.3. The highest BCUT2D eigenvalue weighted by Gasteiger charge is 2.66. The third kappa shape index (κ3) is 3.87. The first-order valence-electron chi connectivity index (χ1n) is 11.8. The zero-order valence-electron chi connectivity index (χ0n) is 19.0. The van der Waals surface area contributed by atoms with Gasteiger partial charge in [-0.3, -0.25) is 14.5 Å². The molecule has 4 atom stereocenters. The topological polar surface area (TPSA) is 71.1 Å². The van der Waals surface area contributed by atoms with Crippen molar-refractivity contribution in [2.45, 2.75) is 37.9 Å². The van der Waals surface area contributed by atoms with Crippen molar-refractivity contribution in [3.05, 3.63) is 42.0 Å². The van der Waals surface area contributed by atoms with E-state index in [0.717, 1.165) is 45.0 Å². The fraction of sp³-hybridized carbons (Fsp3) is 0.600. The highest BCUT2D eigenvalue weighted by molar-refractivity contribution is 5.99. The second kappa shape index (κ2) is 8.61. The fourth-order valence-corrected chi connectivity index (χ4v) is 5.55. The van der Waals surface area contributed by atoms with Gasteiger partial charge in [0.2, 0.25) is 11.8 Å². The van der Waals surface area contributed by atoms with Crippen LogP contribution in [0.5, 0.6) is 0 Å². The third-order valence-corrected chi connectivity index (χ3v) is 7.33. The zero-order chi connectivity index (χ0) is 22.3. The highest BCUT2D eigenvalue weighted by Crippen LogP contribution is 2.52. The Morgan fingerprint density at radius 1 is 1.19 bits per heavy atom. The molecule has 1 spiro atoms. The molecule has 4 aliphatic rings. The number of anilines is 1. The van der Waals surface area contributed by atoms with Crippen LogP contribution in [-0.4, -0.2) is 79.3 Å². The Bertz CT molecular complexity index is 893. The first kappa shape index (κ1) is 21.6. The van der Waals surface area contributed by atoms with Gasteiger partial charge in [0.1, 0.15) is 5.60 Å². The molecule has 3 fully saturated rings. The minimum Gasteiger partial charge on any atom is -0.379 e. The lowest BCUT2D eigenvalue weighted by Gasteiger charge is -2.27. The molecule has 1 aromatic carbocycles. The lowest BCUT2D eigenvalue weighted by molar-refractivity contribution is -0.135.